The van der Waals surface area contributed by atoms with Crippen molar-refractivity contribution >= 4 is 22.5 Å². The second-order valence-electron chi connectivity index (χ2n) is 8.42. The van der Waals surface area contributed by atoms with Crippen LogP contribution < -0.4 is 5.32 Å². The number of aromatic amines is 1. The molecule has 148 valence electrons. The van der Waals surface area contributed by atoms with Gasteiger partial charge in [0.05, 0.1) is 5.69 Å². The Hall–Kier alpha value is -2.48. The van der Waals surface area contributed by atoms with Crippen molar-refractivity contribution in [1.29, 1.82) is 0 Å². The molecule has 2 N–H and O–H groups in total. The molecule has 1 aliphatic carbocycles. The molecule has 5 rings (SSSR count). The van der Waals surface area contributed by atoms with Crippen LogP contribution in [0.4, 0.5) is 0 Å². The van der Waals surface area contributed by atoms with Crippen molar-refractivity contribution in [2.24, 2.45) is 5.92 Å². The van der Waals surface area contributed by atoms with Crippen LogP contribution >= 0.6 is 0 Å². The summed E-state index contributed by atoms with van der Waals surface area (Å²) in [6.07, 6.45) is 9.53. The van der Waals surface area contributed by atoms with Crippen LogP contribution in [0.5, 0.6) is 0 Å². The number of rotatable bonds is 4. The highest BCUT2D eigenvalue weighted by atomic mass is 16.1. The Kier molecular flexibility index (Phi) is 4.50. The van der Waals surface area contributed by atoms with Crippen molar-refractivity contribution in [2.75, 3.05) is 19.6 Å². The summed E-state index contributed by atoms with van der Waals surface area (Å²) in [4.78, 5) is 21.4. The normalized spacial score (nSPS) is 26.2. The van der Waals surface area contributed by atoms with E-state index in [2.05, 4.69) is 36.6 Å². The van der Waals surface area contributed by atoms with E-state index >= 15 is 0 Å². The second kappa shape index (κ2) is 7.16. The lowest BCUT2D eigenvalue weighted by Gasteiger charge is -2.30. The van der Waals surface area contributed by atoms with Gasteiger partial charge in [0, 0.05) is 50.1 Å². The molecule has 1 saturated heterocycles. The van der Waals surface area contributed by atoms with Crippen LogP contribution in [0, 0.1) is 5.92 Å². The van der Waals surface area contributed by atoms with Crippen LogP contribution in [0.25, 0.3) is 16.6 Å². The van der Waals surface area contributed by atoms with Crippen molar-refractivity contribution in [2.45, 2.75) is 51.0 Å². The van der Waals surface area contributed by atoms with Crippen molar-refractivity contribution < 1.29 is 4.79 Å². The lowest BCUT2D eigenvalue weighted by Crippen LogP contribution is -2.37. The summed E-state index contributed by atoms with van der Waals surface area (Å²) in [6, 6.07) is 2.39. The molecule has 28 heavy (non-hydrogen) atoms. The largest absolute Gasteiger partial charge is 0.352 e. The first-order valence-electron chi connectivity index (χ1n) is 10.3. The fourth-order valence-corrected chi connectivity index (χ4v) is 5.08. The van der Waals surface area contributed by atoms with E-state index in [-0.39, 0.29) is 5.91 Å². The zero-order valence-electron chi connectivity index (χ0n) is 16.3. The average molecular weight is 381 g/mol. The summed E-state index contributed by atoms with van der Waals surface area (Å²) in [6.45, 7) is 4.85. The van der Waals surface area contributed by atoms with Gasteiger partial charge in [0.15, 0.2) is 0 Å². The first-order valence-corrected chi connectivity index (χ1v) is 10.3. The Balaban J connectivity index is 1.23. The molecule has 0 aromatic carbocycles. The van der Waals surface area contributed by atoms with Crippen LogP contribution in [0.3, 0.4) is 0 Å². The molecule has 2 fully saturated rings. The minimum Gasteiger partial charge on any atom is -0.352 e. The Labute approximate surface area is 163 Å². The third-order valence-corrected chi connectivity index (χ3v) is 6.43. The minimum absolute atomic E-state index is 0.0833. The maximum absolute atomic E-state index is 11.3. The summed E-state index contributed by atoms with van der Waals surface area (Å²) in [5.74, 6) is 1.29. The number of amides is 1. The Bertz CT molecular complexity index is 985. The summed E-state index contributed by atoms with van der Waals surface area (Å²) in [7, 11) is 0. The van der Waals surface area contributed by atoms with E-state index < -0.39 is 0 Å². The third-order valence-electron chi connectivity index (χ3n) is 6.43. The fraction of sp³-hybridized carbons (Fsp3) is 0.600. The fourth-order valence-electron chi connectivity index (χ4n) is 5.08. The quantitative estimate of drug-likeness (QED) is 0.722. The molecule has 8 nitrogen and oxygen atoms in total. The van der Waals surface area contributed by atoms with Gasteiger partial charge in [-0.1, -0.05) is 5.21 Å². The average Bonchev–Trinajstić information content (AvgIpc) is 3.40. The summed E-state index contributed by atoms with van der Waals surface area (Å²) in [5, 5.41) is 13.0. The first kappa shape index (κ1) is 17.6. The van der Waals surface area contributed by atoms with Gasteiger partial charge in [0.1, 0.15) is 17.5 Å². The monoisotopic (exact) mass is 381 g/mol. The van der Waals surface area contributed by atoms with E-state index in [1.807, 2.05) is 10.7 Å². The molecule has 3 aromatic rings. The molecule has 1 aliphatic heterocycles. The van der Waals surface area contributed by atoms with Crippen molar-refractivity contribution in [3.05, 3.63) is 24.3 Å². The Morgan fingerprint density at radius 1 is 1.29 bits per heavy atom. The molecule has 8 heteroatoms. The smallest absolute Gasteiger partial charge is 0.217 e. The maximum Gasteiger partial charge on any atom is 0.217 e. The summed E-state index contributed by atoms with van der Waals surface area (Å²) >= 11 is 0. The molecule has 0 spiro atoms. The summed E-state index contributed by atoms with van der Waals surface area (Å²) < 4.78 is 1.81. The molecule has 0 radical (unpaired) electrons. The topological polar surface area (TPSA) is 91.2 Å². The zero-order chi connectivity index (χ0) is 19.1. The molecule has 4 heterocycles. The molecule has 0 unspecified atom stereocenters. The van der Waals surface area contributed by atoms with Crippen molar-refractivity contribution in [3.8, 4) is 0 Å². The number of nitrogens with one attached hydrogen (secondary N) is 2. The molecule has 2 aliphatic rings. The second-order valence-corrected chi connectivity index (χ2v) is 8.42. The predicted molar refractivity (Wildman–Crippen MR) is 106 cm³/mol. The highest BCUT2D eigenvalue weighted by molar-refractivity contribution is 5.92. The van der Waals surface area contributed by atoms with E-state index in [9.17, 15) is 4.79 Å². The van der Waals surface area contributed by atoms with Gasteiger partial charge < -0.3 is 15.2 Å². The molecule has 1 atom stereocenters. The molecular weight excluding hydrogens is 354 g/mol. The highest BCUT2D eigenvalue weighted by Crippen LogP contribution is 2.38. The van der Waals surface area contributed by atoms with Gasteiger partial charge in [-0.2, -0.15) is 0 Å². The maximum atomic E-state index is 11.3. The molecular formula is C20H27N7O. The van der Waals surface area contributed by atoms with Gasteiger partial charge in [0.2, 0.25) is 5.91 Å². The van der Waals surface area contributed by atoms with E-state index in [1.165, 1.54) is 12.8 Å². The number of likely N-dealkylation sites (tertiary alicyclic amines) is 1. The van der Waals surface area contributed by atoms with Gasteiger partial charge in [-0.3, -0.25) is 4.79 Å². The first-order chi connectivity index (χ1) is 13.7. The van der Waals surface area contributed by atoms with Crippen molar-refractivity contribution in [3.63, 3.8) is 0 Å². The molecule has 1 saturated carbocycles. The van der Waals surface area contributed by atoms with Gasteiger partial charge in [-0.25, -0.2) is 9.50 Å². The standard InChI is InChI=1S/C20H27N7O/c1-13(28)23-16-7-9-26(11-16)10-14-2-4-15(5-3-14)18-19-17-6-8-21-20(17)22-12-27(19)25-24-18/h6,8,12,14-16,21H,2-5,7,9-11H2,1H3,(H,23,28)/t14?,15?,16-/m1/s1. The summed E-state index contributed by atoms with van der Waals surface area (Å²) in [5.41, 5.74) is 3.12. The number of nitrogens with zero attached hydrogens (tertiary/aromatic N) is 5. The van der Waals surface area contributed by atoms with Crippen LogP contribution in [0.1, 0.15) is 50.6 Å². The van der Waals surface area contributed by atoms with Gasteiger partial charge >= 0.3 is 0 Å². The predicted octanol–water partition coefficient (Wildman–Crippen LogP) is 2.09. The number of aromatic nitrogens is 5. The van der Waals surface area contributed by atoms with Crippen LogP contribution in [0.15, 0.2) is 18.6 Å². The Morgan fingerprint density at radius 2 is 2.14 bits per heavy atom. The number of carbonyl (C=O) groups excluding carboxylic acids is 1. The number of carbonyl (C=O) groups is 1. The van der Waals surface area contributed by atoms with E-state index in [1.54, 1.807) is 13.3 Å². The van der Waals surface area contributed by atoms with Gasteiger partial charge in [-0.05, 0) is 44.1 Å². The lowest BCUT2D eigenvalue weighted by atomic mass is 9.80. The van der Waals surface area contributed by atoms with Gasteiger partial charge in [-0.15, -0.1) is 5.10 Å². The highest BCUT2D eigenvalue weighted by Gasteiger charge is 2.30. The number of fused-ring (bicyclic) bond motifs is 3. The molecule has 1 amide bonds. The third kappa shape index (κ3) is 3.26. The zero-order valence-corrected chi connectivity index (χ0v) is 16.3. The van der Waals surface area contributed by atoms with Crippen molar-refractivity contribution in [1.82, 2.24) is 35.0 Å². The Morgan fingerprint density at radius 3 is 2.96 bits per heavy atom. The minimum atomic E-state index is 0.0833. The lowest BCUT2D eigenvalue weighted by molar-refractivity contribution is -0.119. The van der Waals surface area contributed by atoms with Crippen LogP contribution in [-0.2, 0) is 4.79 Å². The number of hydrogen-bond donors (Lipinski definition) is 2. The molecule has 0 bridgehead atoms. The van der Waals surface area contributed by atoms with E-state index in [4.69, 9.17) is 0 Å². The van der Waals surface area contributed by atoms with Crippen LogP contribution in [-0.4, -0.2) is 61.3 Å². The number of hydrogen-bond acceptors (Lipinski definition) is 5. The molecule has 3 aromatic heterocycles. The van der Waals surface area contributed by atoms with E-state index in [0.717, 1.165) is 67.1 Å². The SMILES string of the molecule is CC(=O)N[C@@H]1CCN(CC2CCC(c3nnn4cnc5[nH]ccc5c34)CC2)C1. The van der Waals surface area contributed by atoms with Gasteiger partial charge in [0.25, 0.3) is 0 Å². The van der Waals surface area contributed by atoms with Crippen LogP contribution in [0.2, 0.25) is 0 Å². The number of H-pyrrole nitrogens is 1. The van der Waals surface area contributed by atoms with E-state index in [0.29, 0.717) is 12.0 Å².